The van der Waals surface area contributed by atoms with Gasteiger partial charge >= 0.3 is 0 Å². The van der Waals surface area contributed by atoms with Gasteiger partial charge in [-0.1, -0.05) is 13.8 Å². The van der Waals surface area contributed by atoms with Crippen LogP contribution in [0.2, 0.25) is 0 Å². The minimum atomic E-state index is -0.493. The lowest BCUT2D eigenvalue weighted by Gasteiger charge is -2.62. The van der Waals surface area contributed by atoms with Crippen LogP contribution in [0.5, 0.6) is 0 Å². The lowest BCUT2D eigenvalue weighted by Crippen LogP contribution is -2.58. The molecule has 3 nitrogen and oxygen atoms in total. The minimum Gasteiger partial charge on any atom is -0.390 e. The van der Waals surface area contributed by atoms with E-state index in [4.69, 9.17) is 0 Å². The Labute approximate surface area is 160 Å². The van der Waals surface area contributed by atoms with Gasteiger partial charge in [0.25, 0.3) is 0 Å². The number of nitrogens with zero attached hydrogens (tertiary/aromatic N) is 1. The molecular formula is C23H41NO2. The highest BCUT2D eigenvalue weighted by Gasteiger charge is 2.62. The molecule has 0 bridgehead atoms. The molecule has 4 aliphatic carbocycles. The van der Waals surface area contributed by atoms with Gasteiger partial charge in [0.15, 0.2) is 0 Å². The van der Waals surface area contributed by atoms with Crippen LogP contribution in [0.3, 0.4) is 0 Å². The summed E-state index contributed by atoms with van der Waals surface area (Å²) in [7, 11) is 4.49. The standard InChI is InChI=1S/C23H41NO2/c1-14(24(4)5)16-8-9-17-15-6-7-19-21(26)20(25)11-13-23(19,3)18(15)10-12-22(16,17)2/h14-21,25-26H,6-13H2,1-5H3/t14-,15+,16+,17+,18-,19-,20-,21-,22+,23+/m0/s1. The van der Waals surface area contributed by atoms with Gasteiger partial charge in [0.2, 0.25) is 0 Å². The Hall–Kier alpha value is -0.120. The number of fused-ring (bicyclic) bond motifs is 5. The van der Waals surface area contributed by atoms with Crippen LogP contribution in [-0.2, 0) is 0 Å². The van der Waals surface area contributed by atoms with E-state index in [1.165, 1.54) is 32.1 Å². The maximum atomic E-state index is 10.7. The van der Waals surface area contributed by atoms with E-state index in [-0.39, 0.29) is 5.41 Å². The van der Waals surface area contributed by atoms with Crippen molar-refractivity contribution < 1.29 is 10.2 Å². The first-order valence-electron chi connectivity index (χ1n) is 11.2. The van der Waals surface area contributed by atoms with E-state index in [0.717, 1.165) is 42.9 Å². The first-order valence-corrected chi connectivity index (χ1v) is 11.2. The molecule has 0 unspecified atom stereocenters. The first-order chi connectivity index (χ1) is 12.2. The van der Waals surface area contributed by atoms with Crippen molar-refractivity contribution in [2.24, 2.45) is 40.4 Å². The Morgan fingerprint density at radius 3 is 2.12 bits per heavy atom. The maximum Gasteiger partial charge on any atom is 0.0832 e. The number of hydrogen-bond donors (Lipinski definition) is 2. The van der Waals surface area contributed by atoms with Crippen molar-refractivity contribution >= 4 is 0 Å². The Morgan fingerprint density at radius 2 is 1.42 bits per heavy atom. The fourth-order valence-electron chi connectivity index (χ4n) is 8.51. The lowest BCUT2D eigenvalue weighted by atomic mass is 9.44. The second-order valence-corrected chi connectivity index (χ2v) is 11.1. The average molecular weight is 364 g/mol. The van der Waals surface area contributed by atoms with Gasteiger partial charge in [0.05, 0.1) is 12.2 Å². The van der Waals surface area contributed by atoms with Gasteiger partial charge < -0.3 is 15.1 Å². The Morgan fingerprint density at radius 1 is 0.808 bits per heavy atom. The van der Waals surface area contributed by atoms with Crippen LogP contribution in [0.4, 0.5) is 0 Å². The third-order valence-electron chi connectivity index (χ3n) is 10.2. The van der Waals surface area contributed by atoms with E-state index < -0.39 is 12.2 Å². The smallest absolute Gasteiger partial charge is 0.0832 e. The van der Waals surface area contributed by atoms with Gasteiger partial charge in [-0.25, -0.2) is 0 Å². The van der Waals surface area contributed by atoms with Gasteiger partial charge in [0, 0.05) is 6.04 Å². The molecule has 0 aromatic carbocycles. The highest BCUT2D eigenvalue weighted by molar-refractivity contribution is 5.11. The van der Waals surface area contributed by atoms with Crippen molar-refractivity contribution in [1.29, 1.82) is 0 Å². The molecule has 2 N–H and O–H groups in total. The molecule has 0 aliphatic heterocycles. The van der Waals surface area contributed by atoms with Crippen LogP contribution in [-0.4, -0.2) is 47.5 Å². The molecule has 4 saturated carbocycles. The third kappa shape index (κ3) is 2.56. The highest BCUT2D eigenvalue weighted by atomic mass is 16.3. The highest BCUT2D eigenvalue weighted by Crippen LogP contribution is 2.67. The Bertz CT molecular complexity index is 536. The van der Waals surface area contributed by atoms with Gasteiger partial charge in [-0.3, -0.25) is 0 Å². The Kier molecular flexibility index (Phi) is 4.77. The zero-order valence-electron chi connectivity index (χ0n) is 17.6. The van der Waals surface area contributed by atoms with Crippen LogP contribution in [0, 0.1) is 40.4 Å². The molecule has 4 fully saturated rings. The summed E-state index contributed by atoms with van der Waals surface area (Å²) in [5, 5.41) is 20.9. The molecule has 0 spiro atoms. The molecule has 3 heteroatoms. The van der Waals surface area contributed by atoms with Crippen molar-refractivity contribution in [3.63, 3.8) is 0 Å². The van der Waals surface area contributed by atoms with E-state index in [2.05, 4.69) is 39.8 Å². The molecule has 10 atom stereocenters. The summed E-state index contributed by atoms with van der Waals surface area (Å²) in [6, 6.07) is 0.667. The van der Waals surface area contributed by atoms with Crippen LogP contribution >= 0.6 is 0 Å². The van der Waals surface area contributed by atoms with Gasteiger partial charge in [-0.2, -0.15) is 0 Å². The molecule has 0 heterocycles. The van der Waals surface area contributed by atoms with Gasteiger partial charge in [-0.05, 0) is 113 Å². The van der Waals surface area contributed by atoms with E-state index in [9.17, 15) is 10.2 Å². The van der Waals surface area contributed by atoms with E-state index in [1.807, 2.05) is 0 Å². The topological polar surface area (TPSA) is 43.7 Å². The SMILES string of the molecule is C[C@@H]([C@H]1CC[C@@H]2[C@H]3CC[C@H]4[C@H](O)[C@@H](O)CC[C@]4(C)[C@H]3CC[C@@]21C)N(C)C. The zero-order chi connectivity index (χ0) is 18.9. The Balaban J connectivity index is 1.59. The lowest BCUT2D eigenvalue weighted by molar-refractivity contribution is -0.174. The summed E-state index contributed by atoms with van der Waals surface area (Å²) in [5.74, 6) is 3.62. The largest absolute Gasteiger partial charge is 0.390 e. The summed E-state index contributed by atoms with van der Waals surface area (Å²) in [6.45, 7) is 7.50. The molecule has 0 saturated heterocycles. The quantitative estimate of drug-likeness (QED) is 0.781. The molecule has 150 valence electrons. The van der Waals surface area contributed by atoms with Crippen molar-refractivity contribution in [3.05, 3.63) is 0 Å². The van der Waals surface area contributed by atoms with Crippen molar-refractivity contribution in [1.82, 2.24) is 4.90 Å². The summed E-state index contributed by atoms with van der Waals surface area (Å²) < 4.78 is 0. The molecule has 0 aromatic rings. The third-order valence-corrected chi connectivity index (χ3v) is 10.2. The van der Waals surface area contributed by atoms with Crippen LogP contribution in [0.25, 0.3) is 0 Å². The van der Waals surface area contributed by atoms with E-state index >= 15 is 0 Å². The summed E-state index contributed by atoms with van der Waals surface area (Å²) in [5.41, 5.74) is 0.745. The second-order valence-electron chi connectivity index (χ2n) is 11.1. The predicted molar refractivity (Wildman–Crippen MR) is 106 cm³/mol. The van der Waals surface area contributed by atoms with E-state index in [1.54, 1.807) is 0 Å². The van der Waals surface area contributed by atoms with Crippen molar-refractivity contribution in [2.45, 2.75) is 90.4 Å². The fourth-order valence-corrected chi connectivity index (χ4v) is 8.51. The average Bonchev–Trinajstić information content (AvgIpc) is 2.95. The molecule has 0 radical (unpaired) electrons. The number of aliphatic hydroxyl groups excluding tert-OH is 2. The number of rotatable bonds is 2. The molecule has 26 heavy (non-hydrogen) atoms. The fraction of sp³-hybridized carbons (Fsp3) is 1.00. The molecule has 4 aliphatic rings. The molecule has 4 rings (SSSR count). The summed E-state index contributed by atoms with van der Waals surface area (Å²) in [4.78, 5) is 2.43. The molecule has 0 amide bonds. The van der Waals surface area contributed by atoms with Crippen LogP contribution in [0.15, 0.2) is 0 Å². The van der Waals surface area contributed by atoms with Crippen LogP contribution < -0.4 is 0 Å². The number of aliphatic hydroxyl groups is 2. The summed E-state index contributed by atoms with van der Waals surface area (Å²) in [6.07, 6.45) is 8.82. The predicted octanol–water partition coefficient (Wildman–Crippen LogP) is 3.93. The number of hydrogen-bond acceptors (Lipinski definition) is 3. The van der Waals surface area contributed by atoms with Gasteiger partial charge in [0.1, 0.15) is 0 Å². The second kappa shape index (κ2) is 6.46. The van der Waals surface area contributed by atoms with E-state index in [0.29, 0.717) is 17.4 Å². The normalized spacial score (nSPS) is 55.2. The van der Waals surface area contributed by atoms with Crippen LogP contribution in [0.1, 0.15) is 72.1 Å². The summed E-state index contributed by atoms with van der Waals surface area (Å²) >= 11 is 0. The first kappa shape index (κ1) is 19.2. The van der Waals surface area contributed by atoms with Crippen molar-refractivity contribution in [2.75, 3.05) is 14.1 Å². The molecule has 0 aromatic heterocycles. The molecular weight excluding hydrogens is 322 g/mol. The van der Waals surface area contributed by atoms with Crippen molar-refractivity contribution in [3.8, 4) is 0 Å². The monoisotopic (exact) mass is 363 g/mol. The minimum absolute atomic E-state index is 0.244. The maximum absolute atomic E-state index is 10.7. The van der Waals surface area contributed by atoms with Gasteiger partial charge in [-0.15, -0.1) is 0 Å². The zero-order valence-corrected chi connectivity index (χ0v) is 17.6.